The van der Waals surface area contributed by atoms with E-state index in [4.69, 9.17) is 27.2 Å². The van der Waals surface area contributed by atoms with Gasteiger partial charge in [-0.1, -0.05) is 23.7 Å². The van der Waals surface area contributed by atoms with E-state index in [2.05, 4.69) is 0 Å². The molecule has 0 atom stereocenters. The second-order valence-electron chi connectivity index (χ2n) is 4.10. The van der Waals surface area contributed by atoms with Gasteiger partial charge >= 0.3 is 5.97 Å². The van der Waals surface area contributed by atoms with E-state index in [0.29, 0.717) is 5.75 Å². The lowest BCUT2D eigenvalue weighted by molar-refractivity contribution is 0.0694. The number of aryl methyl sites for hydroxylation is 1. The van der Waals surface area contributed by atoms with Crippen molar-refractivity contribution in [3.8, 4) is 11.5 Å². The van der Waals surface area contributed by atoms with Crippen LogP contribution in [0.1, 0.15) is 15.9 Å². The number of anilines is 1. The summed E-state index contributed by atoms with van der Waals surface area (Å²) in [4.78, 5) is 11.2. The maximum Gasteiger partial charge on any atom is 0.339 e. The molecule has 0 aliphatic carbocycles. The molecule has 0 spiro atoms. The van der Waals surface area contributed by atoms with E-state index in [1.54, 1.807) is 12.1 Å². The van der Waals surface area contributed by atoms with Crippen LogP contribution in [-0.4, -0.2) is 11.1 Å². The number of ether oxygens (including phenoxy) is 1. The number of aromatic carboxylic acids is 1. The number of carbonyl (C=O) groups is 1. The first-order valence-electron chi connectivity index (χ1n) is 5.54. The van der Waals surface area contributed by atoms with Crippen molar-refractivity contribution in [2.24, 2.45) is 0 Å². The number of nitrogens with two attached hydrogens (primary N) is 1. The monoisotopic (exact) mass is 277 g/mol. The maximum atomic E-state index is 11.2. The highest BCUT2D eigenvalue weighted by molar-refractivity contribution is 6.33. The molecule has 0 unspecified atom stereocenters. The SMILES string of the molecule is Cc1cccc(Oc2c(Cl)cc(N)cc2C(=O)O)c1. The molecular formula is C14H12ClNO3. The summed E-state index contributed by atoms with van der Waals surface area (Å²) in [5.41, 5.74) is 6.79. The predicted molar refractivity (Wildman–Crippen MR) is 74.1 cm³/mol. The quantitative estimate of drug-likeness (QED) is 0.839. The average molecular weight is 278 g/mol. The van der Waals surface area contributed by atoms with Crippen molar-refractivity contribution in [3.63, 3.8) is 0 Å². The fraction of sp³-hybridized carbons (Fsp3) is 0.0714. The molecule has 0 saturated carbocycles. The summed E-state index contributed by atoms with van der Waals surface area (Å²) in [5.74, 6) is -0.528. The van der Waals surface area contributed by atoms with E-state index in [0.717, 1.165) is 5.56 Å². The van der Waals surface area contributed by atoms with Crippen LogP contribution in [0.4, 0.5) is 5.69 Å². The molecule has 0 amide bonds. The molecule has 2 aromatic rings. The third-order valence-corrected chi connectivity index (χ3v) is 2.79. The minimum Gasteiger partial charge on any atom is -0.478 e. The van der Waals surface area contributed by atoms with Gasteiger partial charge < -0.3 is 15.6 Å². The number of carboxylic acids is 1. The summed E-state index contributed by atoms with van der Waals surface area (Å²) in [5, 5.41) is 9.32. The first-order chi connectivity index (χ1) is 8.97. The molecule has 0 heterocycles. The molecule has 19 heavy (non-hydrogen) atoms. The molecule has 98 valence electrons. The van der Waals surface area contributed by atoms with Gasteiger partial charge in [-0.2, -0.15) is 0 Å². The minimum atomic E-state index is -1.14. The van der Waals surface area contributed by atoms with Crippen LogP contribution < -0.4 is 10.5 Å². The normalized spacial score (nSPS) is 10.2. The van der Waals surface area contributed by atoms with Crippen molar-refractivity contribution in [2.45, 2.75) is 6.92 Å². The van der Waals surface area contributed by atoms with Crippen LogP contribution in [0.3, 0.4) is 0 Å². The predicted octanol–water partition coefficient (Wildman–Crippen LogP) is 3.72. The number of hydrogen-bond donors (Lipinski definition) is 2. The Balaban J connectivity index is 2.47. The summed E-state index contributed by atoms with van der Waals surface area (Å²) in [6, 6.07) is 10.0. The van der Waals surface area contributed by atoms with E-state index in [1.165, 1.54) is 12.1 Å². The van der Waals surface area contributed by atoms with Crippen molar-refractivity contribution in [3.05, 3.63) is 52.5 Å². The number of carboxylic acid groups (broad SMARTS) is 1. The van der Waals surface area contributed by atoms with Gasteiger partial charge in [-0.15, -0.1) is 0 Å². The molecule has 0 aliphatic rings. The Morgan fingerprint density at radius 1 is 1.32 bits per heavy atom. The zero-order chi connectivity index (χ0) is 14.0. The van der Waals surface area contributed by atoms with Gasteiger partial charge in [0.15, 0.2) is 5.75 Å². The number of benzene rings is 2. The number of hydrogen-bond acceptors (Lipinski definition) is 3. The van der Waals surface area contributed by atoms with Crippen LogP contribution in [0.15, 0.2) is 36.4 Å². The topological polar surface area (TPSA) is 72.5 Å². The van der Waals surface area contributed by atoms with Gasteiger partial charge in [-0.3, -0.25) is 0 Å². The highest BCUT2D eigenvalue weighted by Crippen LogP contribution is 2.35. The Hall–Kier alpha value is -2.20. The Morgan fingerprint density at radius 3 is 2.68 bits per heavy atom. The van der Waals surface area contributed by atoms with Crippen molar-refractivity contribution < 1.29 is 14.6 Å². The smallest absolute Gasteiger partial charge is 0.339 e. The Morgan fingerprint density at radius 2 is 2.05 bits per heavy atom. The summed E-state index contributed by atoms with van der Waals surface area (Å²) in [6.07, 6.45) is 0. The molecule has 4 nitrogen and oxygen atoms in total. The Bertz CT molecular complexity index is 641. The van der Waals surface area contributed by atoms with Gasteiger partial charge in [0.2, 0.25) is 0 Å². The molecule has 2 rings (SSSR count). The molecular weight excluding hydrogens is 266 g/mol. The third-order valence-electron chi connectivity index (χ3n) is 2.51. The van der Waals surface area contributed by atoms with Crippen molar-refractivity contribution in [1.82, 2.24) is 0 Å². The van der Waals surface area contributed by atoms with E-state index >= 15 is 0 Å². The molecule has 0 saturated heterocycles. The van der Waals surface area contributed by atoms with Crippen LogP contribution in [0.2, 0.25) is 5.02 Å². The summed E-state index contributed by atoms with van der Waals surface area (Å²) in [7, 11) is 0. The van der Waals surface area contributed by atoms with Crippen molar-refractivity contribution in [2.75, 3.05) is 5.73 Å². The average Bonchev–Trinajstić information content (AvgIpc) is 2.32. The van der Waals surface area contributed by atoms with Gasteiger partial charge in [0.05, 0.1) is 5.02 Å². The highest BCUT2D eigenvalue weighted by atomic mass is 35.5. The molecule has 0 aliphatic heterocycles. The fourth-order valence-electron chi connectivity index (χ4n) is 1.67. The number of nitrogen functional groups attached to an aromatic ring is 1. The summed E-state index contributed by atoms with van der Waals surface area (Å²) in [6.45, 7) is 1.91. The second-order valence-corrected chi connectivity index (χ2v) is 4.51. The van der Waals surface area contributed by atoms with E-state index in [1.807, 2.05) is 19.1 Å². The number of halogens is 1. The van der Waals surface area contributed by atoms with Gasteiger partial charge in [0.1, 0.15) is 11.3 Å². The summed E-state index contributed by atoms with van der Waals surface area (Å²) >= 11 is 6.00. The zero-order valence-corrected chi connectivity index (χ0v) is 10.9. The van der Waals surface area contributed by atoms with Crippen molar-refractivity contribution >= 4 is 23.3 Å². The second kappa shape index (κ2) is 5.20. The molecule has 0 radical (unpaired) electrons. The van der Waals surface area contributed by atoms with Gasteiger partial charge in [-0.25, -0.2) is 4.79 Å². The lowest BCUT2D eigenvalue weighted by Gasteiger charge is -2.12. The maximum absolute atomic E-state index is 11.2. The highest BCUT2D eigenvalue weighted by Gasteiger charge is 2.17. The summed E-state index contributed by atoms with van der Waals surface area (Å²) < 4.78 is 5.57. The number of rotatable bonds is 3. The largest absolute Gasteiger partial charge is 0.478 e. The van der Waals surface area contributed by atoms with Gasteiger partial charge in [0.25, 0.3) is 0 Å². The first kappa shape index (κ1) is 13.2. The fourth-order valence-corrected chi connectivity index (χ4v) is 1.94. The molecule has 3 N–H and O–H groups in total. The van der Waals surface area contributed by atoms with Crippen LogP contribution in [0.5, 0.6) is 11.5 Å². The minimum absolute atomic E-state index is 0.0634. The van der Waals surface area contributed by atoms with E-state index < -0.39 is 5.97 Å². The molecule has 2 aromatic carbocycles. The third kappa shape index (κ3) is 2.98. The van der Waals surface area contributed by atoms with Gasteiger partial charge in [0, 0.05) is 5.69 Å². The van der Waals surface area contributed by atoms with E-state index in [-0.39, 0.29) is 22.0 Å². The Labute approximate surface area is 115 Å². The van der Waals surface area contributed by atoms with Crippen LogP contribution in [0, 0.1) is 6.92 Å². The van der Waals surface area contributed by atoms with Gasteiger partial charge in [-0.05, 0) is 36.8 Å². The zero-order valence-electron chi connectivity index (χ0n) is 10.2. The standard InChI is InChI=1S/C14H12ClNO3/c1-8-3-2-4-10(5-8)19-13-11(14(17)18)6-9(16)7-12(13)15/h2-7H,16H2,1H3,(H,17,18). The molecule has 0 aromatic heterocycles. The molecule has 5 heteroatoms. The lowest BCUT2D eigenvalue weighted by Crippen LogP contribution is -2.02. The molecule has 0 fully saturated rings. The van der Waals surface area contributed by atoms with Crippen LogP contribution in [0.25, 0.3) is 0 Å². The first-order valence-corrected chi connectivity index (χ1v) is 5.92. The van der Waals surface area contributed by atoms with E-state index in [9.17, 15) is 4.79 Å². The van der Waals surface area contributed by atoms with Crippen molar-refractivity contribution in [1.29, 1.82) is 0 Å². The lowest BCUT2D eigenvalue weighted by atomic mass is 10.1. The Kier molecular flexibility index (Phi) is 3.62. The van der Waals surface area contributed by atoms with Crippen LogP contribution in [-0.2, 0) is 0 Å². The van der Waals surface area contributed by atoms with Crippen LogP contribution >= 0.6 is 11.6 Å². The molecule has 0 bridgehead atoms.